The smallest absolute Gasteiger partial charge is 0.325 e. The average Bonchev–Trinajstić information content (AvgIpc) is 3.33. The summed E-state index contributed by atoms with van der Waals surface area (Å²) in [7, 11) is 4.45. The van der Waals surface area contributed by atoms with Gasteiger partial charge in [0.1, 0.15) is 23.7 Å². The third-order valence-corrected chi connectivity index (χ3v) is 6.42. The van der Waals surface area contributed by atoms with E-state index in [0.717, 1.165) is 11.1 Å². The van der Waals surface area contributed by atoms with Gasteiger partial charge in [0.05, 0.1) is 33.3 Å². The third-order valence-electron chi connectivity index (χ3n) is 6.42. The van der Waals surface area contributed by atoms with Crippen LogP contribution in [0.25, 0.3) is 22.4 Å². The number of ether oxygens (including phenoxy) is 3. The summed E-state index contributed by atoms with van der Waals surface area (Å²) in [6.07, 6.45) is 0.250. The molecule has 10 heteroatoms. The van der Waals surface area contributed by atoms with Crippen LogP contribution in [0, 0.1) is 5.41 Å². The summed E-state index contributed by atoms with van der Waals surface area (Å²) in [5.41, 5.74) is 1.30. The van der Waals surface area contributed by atoms with Crippen molar-refractivity contribution in [2.24, 2.45) is 5.41 Å². The average molecular weight is 552 g/mol. The molecular weight excluding hydrogens is 514 g/mol. The molecule has 214 valence electrons. The van der Waals surface area contributed by atoms with E-state index in [1.165, 1.54) is 7.11 Å². The molecule has 0 atom stereocenters. The number of aromatic nitrogens is 1. The Morgan fingerprint density at radius 3 is 1.93 bits per heavy atom. The first-order valence-electron chi connectivity index (χ1n) is 12.8. The van der Waals surface area contributed by atoms with Crippen molar-refractivity contribution in [3.8, 4) is 33.9 Å². The molecule has 0 unspecified atom stereocenters. The molecule has 2 aromatic carbocycles. The van der Waals surface area contributed by atoms with Gasteiger partial charge in [-0.2, -0.15) is 0 Å². The van der Waals surface area contributed by atoms with Gasteiger partial charge in [0.2, 0.25) is 11.8 Å². The lowest BCUT2D eigenvalue weighted by molar-refractivity contribution is -0.142. The van der Waals surface area contributed by atoms with Crippen LogP contribution in [0.15, 0.2) is 53.1 Å². The summed E-state index contributed by atoms with van der Waals surface area (Å²) in [5.74, 6) is 0.668. The Kier molecular flexibility index (Phi) is 9.57. The minimum absolute atomic E-state index is 0.0666. The van der Waals surface area contributed by atoms with Crippen molar-refractivity contribution in [3.63, 3.8) is 0 Å². The largest absolute Gasteiger partial charge is 0.497 e. The van der Waals surface area contributed by atoms with Crippen LogP contribution in [-0.2, 0) is 25.5 Å². The van der Waals surface area contributed by atoms with Gasteiger partial charge in [-0.3, -0.25) is 14.4 Å². The fourth-order valence-electron chi connectivity index (χ4n) is 4.71. The SMILES string of the molecule is COC(=O)CNC(=O)C(C)(C)CC(C)(C)NC(=O)Cc1onc(-c2ccc(OC)cc2)c1-c1ccc(OC)cc1. The molecule has 0 fully saturated rings. The van der Waals surface area contributed by atoms with Gasteiger partial charge in [-0.15, -0.1) is 0 Å². The number of hydrogen-bond donors (Lipinski definition) is 2. The van der Waals surface area contributed by atoms with Crippen molar-refractivity contribution in [1.29, 1.82) is 0 Å². The fraction of sp³-hybridized carbons (Fsp3) is 0.400. The Morgan fingerprint density at radius 1 is 0.850 bits per heavy atom. The Morgan fingerprint density at radius 2 is 1.40 bits per heavy atom. The first-order valence-corrected chi connectivity index (χ1v) is 12.8. The maximum atomic E-state index is 13.3. The number of methoxy groups -OCH3 is 3. The van der Waals surface area contributed by atoms with Crippen LogP contribution in [0.2, 0.25) is 0 Å². The first kappa shape index (κ1) is 30.2. The lowest BCUT2D eigenvalue weighted by Crippen LogP contribution is -2.50. The number of amides is 2. The van der Waals surface area contributed by atoms with Crippen molar-refractivity contribution in [3.05, 3.63) is 54.3 Å². The van der Waals surface area contributed by atoms with Gasteiger partial charge in [0, 0.05) is 16.5 Å². The number of carbonyl (C=O) groups excluding carboxylic acids is 3. The maximum Gasteiger partial charge on any atom is 0.325 e. The fourth-order valence-corrected chi connectivity index (χ4v) is 4.71. The highest BCUT2D eigenvalue weighted by Gasteiger charge is 2.36. The maximum absolute atomic E-state index is 13.3. The molecule has 0 saturated carbocycles. The Bertz CT molecular complexity index is 1330. The molecule has 0 saturated heterocycles. The van der Waals surface area contributed by atoms with Crippen molar-refractivity contribution in [2.75, 3.05) is 27.9 Å². The highest BCUT2D eigenvalue weighted by atomic mass is 16.5. The quantitative estimate of drug-likeness (QED) is 0.321. The molecular formula is C30H37N3O7. The van der Waals surface area contributed by atoms with Gasteiger partial charge < -0.3 is 29.4 Å². The highest BCUT2D eigenvalue weighted by molar-refractivity contribution is 5.88. The molecule has 0 aliphatic rings. The zero-order valence-electron chi connectivity index (χ0n) is 24.0. The molecule has 0 spiro atoms. The van der Waals surface area contributed by atoms with Crippen molar-refractivity contribution < 1.29 is 33.1 Å². The number of hydrogen-bond acceptors (Lipinski definition) is 8. The van der Waals surface area contributed by atoms with Crippen molar-refractivity contribution in [1.82, 2.24) is 15.8 Å². The van der Waals surface area contributed by atoms with E-state index in [-0.39, 0.29) is 24.8 Å². The van der Waals surface area contributed by atoms with Crippen LogP contribution in [0.5, 0.6) is 11.5 Å². The van der Waals surface area contributed by atoms with Gasteiger partial charge in [-0.1, -0.05) is 31.1 Å². The van der Waals surface area contributed by atoms with Gasteiger partial charge in [-0.05, 0) is 62.2 Å². The predicted octanol–water partition coefficient (Wildman–Crippen LogP) is 4.17. The molecule has 0 aliphatic carbocycles. The summed E-state index contributed by atoms with van der Waals surface area (Å²) in [5, 5.41) is 9.92. The third kappa shape index (κ3) is 7.62. The molecule has 10 nitrogen and oxygen atoms in total. The van der Waals surface area contributed by atoms with Gasteiger partial charge >= 0.3 is 5.97 Å². The van der Waals surface area contributed by atoms with Gasteiger partial charge in [-0.25, -0.2) is 0 Å². The highest BCUT2D eigenvalue weighted by Crippen LogP contribution is 2.36. The van der Waals surface area contributed by atoms with Crippen LogP contribution in [0.4, 0.5) is 0 Å². The van der Waals surface area contributed by atoms with E-state index in [1.807, 2.05) is 62.4 Å². The van der Waals surface area contributed by atoms with Crippen LogP contribution < -0.4 is 20.1 Å². The summed E-state index contributed by atoms with van der Waals surface area (Å²) in [6.45, 7) is 6.98. The van der Waals surface area contributed by atoms with E-state index in [2.05, 4.69) is 20.5 Å². The minimum Gasteiger partial charge on any atom is -0.497 e. The minimum atomic E-state index is -0.868. The Labute approximate surface area is 234 Å². The molecule has 0 aliphatic heterocycles. The second kappa shape index (κ2) is 12.7. The molecule has 3 aromatic rings. The van der Waals surface area contributed by atoms with E-state index in [1.54, 1.807) is 28.1 Å². The van der Waals surface area contributed by atoms with Crippen LogP contribution in [-0.4, -0.2) is 56.4 Å². The van der Waals surface area contributed by atoms with Gasteiger partial charge in [0.25, 0.3) is 0 Å². The van der Waals surface area contributed by atoms with E-state index in [4.69, 9.17) is 14.0 Å². The molecule has 1 aromatic heterocycles. The summed E-state index contributed by atoms with van der Waals surface area (Å²) in [6, 6.07) is 14.9. The lowest BCUT2D eigenvalue weighted by Gasteiger charge is -2.34. The lowest BCUT2D eigenvalue weighted by atomic mass is 9.79. The van der Waals surface area contributed by atoms with E-state index < -0.39 is 16.9 Å². The Hall–Kier alpha value is -4.34. The molecule has 1 heterocycles. The monoisotopic (exact) mass is 551 g/mol. The van der Waals surface area contributed by atoms with E-state index >= 15 is 0 Å². The van der Waals surface area contributed by atoms with Crippen LogP contribution >= 0.6 is 0 Å². The molecule has 2 N–H and O–H groups in total. The summed E-state index contributed by atoms with van der Waals surface area (Å²) in [4.78, 5) is 37.4. The second-order valence-electron chi connectivity index (χ2n) is 10.7. The van der Waals surface area contributed by atoms with Crippen molar-refractivity contribution in [2.45, 2.75) is 46.1 Å². The molecule has 0 bridgehead atoms. The Balaban J connectivity index is 1.82. The first-order chi connectivity index (χ1) is 18.9. The standard InChI is InChI=1S/C30H37N3O7/c1-29(2,28(36)31-17-25(35)39-7)18-30(3,4)32-24(34)16-23-26(19-8-12-21(37-5)13-9-19)27(33-40-23)20-10-14-22(38-6)15-11-20/h8-15H,16-18H2,1-7H3,(H,31,36)(H,32,34). The number of esters is 1. The number of nitrogens with one attached hydrogen (secondary N) is 2. The summed E-state index contributed by atoms with van der Waals surface area (Å²) >= 11 is 0. The molecule has 0 radical (unpaired) electrons. The normalized spacial score (nSPS) is 11.5. The van der Waals surface area contributed by atoms with Crippen LogP contribution in [0.1, 0.15) is 39.9 Å². The summed E-state index contributed by atoms with van der Waals surface area (Å²) < 4.78 is 20.9. The number of rotatable bonds is 12. The van der Waals surface area contributed by atoms with Crippen LogP contribution in [0.3, 0.4) is 0 Å². The zero-order chi connectivity index (χ0) is 29.5. The van der Waals surface area contributed by atoms with E-state index in [0.29, 0.717) is 34.9 Å². The number of carbonyl (C=O) groups is 3. The molecule has 40 heavy (non-hydrogen) atoms. The molecule has 3 rings (SSSR count). The second-order valence-corrected chi connectivity index (χ2v) is 10.7. The van der Waals surface area contributed by atoms with Crippen molar-refractivity contribution >= 4 is 17.8 Å². The topological polar surface area (TPSA) is 129 Å². The number of nitrogens with zero attached hydrogens (tertiary/aromatic N) is 1. The molecule has 2 amide bonds. The van der Waals surface area contributed by atoms with Gasteiger partial charge in [0.15, 0.2) is 5.76 Å². The zero-order valence-corrected chi connectivity index (χ0v) is 24.0. The predicted molar refractivity (Wildman–Crippen MR) is 150 cm³/mol. The number of benzene rings is 2. The van der Waals surface area contributed by atoms with E-state index in [9.17, 15) is 14.4 Å².